The lowest BCUT2D eigenvalue weighted by Crippen LogP contribution is -2.30. The first kappa shape index (κ1) is 73.1. The molecule has 76 heavy (non-hydrogen) atoms. The zero-order valence-corrected chi connectivity index (χ0v) is 50.8. The molecular formula is C70H126O6. The Morgan fingerprint density at radius 3 is 0.882 bits per heavy atom. The number of unbranched alkanes of at least 4 members (excludes halogenated alkanes) is 40. The van der Waals surface area contributed by atoms with Crippen molar-refractivity contribution in [1.82, 2.24) is 0 Å². The summed E-state index contributed by atoms with van der Waals surface area (Å²) in [7, 11) is 0. The SMILES string of the molecule is CC/C=C\C/C=C\C/C=C\C/C=C\CCC(=O)OCC(COC(=O)CCCCCCCCCCCCCCCCCCCCCCCCCCCC)OC(=O)CCCCCCCCCCC/C=C\CCCCCCCC. The molecule has 0 rings (SSSR count). The number of ether oxygens (including phenoxy) is 3. The van der Waals surface area contributed by atoms with Crippen LogP contribution in [0, 0.1) is 0 Å². The summed E-state index contributed by atoms with van der Waals surface area (Å²) in [4.78, 5) is 38.3. The number of hydrogen-bond donors (Lipinski definition) is 0. The predicted octanol–water partition coefficient (Wildman–Crippen LogP) is 22.7. The maximum absolute atomic E-state index is 12.9. The highest BCUT2D eigenvalue weighted by Gasteiger charge is 2.19. The van der Waals surface area contributed by atoms with Gasteiger partial charge in [0.1, 0.15) is 13.2 Å². The van der Waals surface area contributed by atoms with E-state index in [0.717, 1.165) is 64.2 Å². The molecule has 0 aliphatic heterocycles. The van der Waals surface area contributed by atoms with Gasteiger partial charge in [-0.3, -0.25) is 14.4 Å². The highest BCUT2D eigenvalue weighted by atomic mass is 16.6. The normalized spacial score (nSPS) is 12.4. The van der Waals surface area contributed by atoms with E-state index >= 15 is 0 Å². The van der Waals surface area contributed by atoms with Crippen LogP contribution < -0.4 is 0 Å². The molecule has 0 N–H and O–H groups in total. The molecule has 6 nitrogen and oxygen atoms in total. The van der Waals surface area contributed by atoms with Gasteiger partial charge in [0.2, 0.25) is 0 Å². The number of allylic oxidation sites excluding steroid dienone is 10. The van der Waals surface area contributed by atoms with E-state index in [1.165, 1.54) is 238 Å². The van der Waals surface area contributed by atoms with Gasteiger partial charge in [0, 0.05) is 19.3 Å². The third kappa shape index (κ3) is 62.0. The molecule has 0 radical (unpaired) electrons. The van der Waals surface area contributed by atoms with E-state index < -0.39 is 6.10 Å². The smallest absolute Gasteiger partial charge is 0.306 e. The molecule has 0 aliphatic carbocycles. The number of carbonyl (C=O) groups excluding carboxylic acids is 3. The van der Waals surface area contributed by atoms with Crippen LogP contribution in [0.15, 0.2) is 60.8 Å². The van der Waals surface area contributed by atoms with Gasteiger partial charge in [0.25, 0.3) is 0 Å². The van der Waals surface area contributed by atoms with Crippen LogP contribution in [0.25, 0.3) is 0 Å². The Morgan fingerprint density at radius 1 is 0.276 bits per heavy atom. The van der Waals surface area contributed by atoms with Crippen LogP contribution >= 0.6 is 0 Å². The Labute approximate surface area is 472 Å². The Morgan fingerprint density at radius 2 is 0.539 bits per heavy atom. The quantitative estimate of drug-likeness (QED) is 0.0261. The summed E-state index contributed by atoms with van der Waals surface area (Å²) in [5, 5.41) is 0. The van der Waals surface area contributed by atoms with Crippen molar-refractivity contribution >= 4 is 17.9 Å². The summed E-state index contributed by atoms with van der Waals surface area (Å²) in [5.74, 6) is -0.962. The van der Waals surface area contributed by atoms with E-state index in [1.54, 1.807) is 0 Å². The number of carbonyl (C=O) groups is 3. The largest absolute Gasteiger partial charge is 0.462 e. The van der Waals surface area contributed by atoms with E-state index in [0.29, 0.717) is 19.3 Å². The van der Waals surface area contributed by atoms with Crippen LogP contribution in [0.1, 0.15) is 348 Å². The second-order valence-corrected chi connectivity index (χ2v) is 22.4. The molecule has 0 aliphatic rings. The molecule has 0 aromatic rings. The van der Waals surface area contributed by atoms with Crippen LogP contribution in [0.5, 0.6) is 0 Å². The minimum absolute atomic E-state index is 0.0936. The van der Waals surface area contributed by atoms with Crippen molar-refractivity contribution in [3.63, 3.8) is 0 Å². The highest BCUT2D eigenvalue weighted by Crippen LogP contribution is 2.18. The van der Waals surface area contributed by atoms with Crippen LogP contribution in [-0.4, -0.2) is 37.2 Å². The van der Waals surface area contributed by atoms with E-state index in [9.17, 15) is 14.4 Å². The summed E-state index contributed by atoms with van der Waals surface area (Å²) < 4.78 is 16.9. The van der Waals surface area contributed by atoms with Crippen molar-refractivity contribution in [2.75, 3.05) is 13.2 Å². The third-order valence-electron chi connectivity index (χ3n) is 14.8. The summed E-state index contributed by atoms with van der Waals surface area (Å²) in [6.07, 6.45) is 82.7. The lowest BCUT2D eigenvalue weighted by atomic mass is 10.0. The van der Waals surface area contributed by atoms with Gasteiger partial charge >= 0.3 is 17.9 Å². The fourth-order valence-corrected chi connectivity index (χ4v) is 9.81. The van der Waals surface area contributed by atoms with Crippen molar-refractivity contribution in [2.24, 2.45) is 0 Å². The topological polar surface area (TPSA) is 78.9 Å². The van der Waals surface area contributed by atoms with E-state index in [1.807, 2.05) is 6.08 Å². The number of rotatable bonds is 61. The summed E-state index contributed by atoms with van der Waals surface area (Å²) in [5.41, 5.74) is 0. The zero-order chi connectivity index (χ0) is 55.0. The Kier molecular flexibility index (Phi) is 62.2. The van der Waals surface area contributed by atoms with Crippen LogP contribution in [0.4, 0.5) is 0 Å². The van der Waals surface area contributed by atoms with E-state index in [-0.39, 0.29) is 37.5 Å². The lowest BCUT2D eigenvalue weighted by Gasteiger charge is -2.18. The molecule has 6 heteroatoms. The van der Waals surface area contributed by atoms with Crippen molar-refractivity contribution < 1.29 is 28.6 Å². The number of esters is 3. The first-order chi connectivity index (χ1) is 37.5. The molecule has 0 saturated carbocycles. The summed E-state index contributed by atoms with van der Waals surface area (Å²) in [6.45, 7) is 6.51. The molecule has 442 valence electrons. The Balaban J connectivity index is 4.27. The van der Waals surface area contributed by atoms with Gasteiger partial charge in [-0.2, -0.15) is 0 Å². The fraction of sp³-hybridized carbons (Fsp3) is 0.814. The molecule has 1 unspecified atom stereocenters. The first-order valence-corrected chi connectivity index (χ1v) is 33.3. The lowest BCUT2D eigenvalue weighted by molar-refractivity contribution is -0.166. The monoisotopic (exact) mass is 1060 g/mol. The molecule has 0 aromatic heterocycles. The van der Waals surface area contributed by atoms with Crippen LogP contribution in [-0.2, 0) is 28.6 Å². The van der Waals surface area contributed by atoms with Gasteiger partial charge in [-0.05, 0) is 70.6 Å². The molecule has 0 saturated heterocycles. The minimum atomic E-state index is -0.803. The molecule has 0 spiro atoms. The molecule has 0 aromatic carbocycles. The molecular weight excluding hydrogens is 937 g/mol. The average molecular weight is 1060 g/mol. The van der Waals surface area contributed by atoms with Gasteiger partial charge < -0.3 is 14.2 Å². The maximum atomic E-state index is 12.9. The average Bonchev–Trinajstić information content (AvgIpc) is 3.42. The summed E-state index contributed by atoms with van der Waals surface area (Å²) in [6, 6.07) is 0. The first-order valence-electron chi connectivity index (χ1n) is 33.3. The molecule has 0 amide bonds. The van der Waals surface area contributed by atoms with E-state index in [2.05, 4.69) is 75.5 Å². The van der Waals surface area contributed by atoms with Gasteiger partial charge in [-0.1, -0.05) is 319 Å². The van der Waals surface area contributed by atoms with E-state index in [4.69, 9.17) is 14.2 Å². The molecule has 0 bridgehead atoms. The third-order valence-corrected chi connectivity index (χ3v) is 14.8. The predicted molar refractivity (Wildman–Crippen MR) is 330 cm³/mol. The van der Waals surface area contributed by atoms with Crippen LogP contribution in [0.2, 0.25) is 0 Å². The molecule has 1 atom stereocenters. The Hall–Kier alpha value is -2.89. The van der Waals surface area contributed by atoms with Gasteiger partial charge in [0.05, 0.1) is 0 Å². The van der Waals surface area contributed by atoms with Crippen molar-refractivity contribution in [3.8, 4) is 0 Å². The maximum Gasteiger partial charge on any atom is 0.306 e. The van der Waals surface area contributed by atoms with Crippen molar-refractivity contribution in [3.05, 3.63) is 60.8 Å². The zero-order valence-electron chi connectivity index (χ0n) is 50.8. The van der Waals surface area contributed by atoms with Gasteiger partial charge in [-0.15, -0.1) is 0 Å². The highest BCUT2D eigenvalue weighted by molar-refractivity contribution is 5.71. The van der Waals surface area contributed by atoms with Crippen LogP contribution in [0.3, 0.4) is 0 Å². The Bertz CT molecular complexity index is 1360. The fourth-order valence-electron chi connectivity index (χ4n) is 9.81. The van der Waals surface area contributed by atoms with Gasteiger partial charge in [0.15, 0.2) is 6.10 Å². The number of hydrogen-bond acceptors (Lipinski definition) is 6. The second kappa shape index (κ2) is 64.6. The molecule has 0 heterocycles. The standard InChI is InChI=1S/C70H126O6/c1-4-7-10-13-16-19-22-25-27-29-31-32-33-34-35-36-37-39-40-42-45-48-51-54-57-60-63-69(72)75-66-67(65-74-68(71)62-59-56-53-50-47-44-24-21-18-15-12-9-6-3)76-70(73)64-61-58-55-52-49-46-43-41-38-30-28-26-23-20-17-14-11-8-5-2/h9,12,18,21,26,28,44,47,53,56,67H,4-8,10-11,13-17,19-20,22-25,27,29-43,45-46,48-52,54-55,57-66H2,1-3H3/b12-9-,21-18-,28-26-,47-44-,56-53-. The van der Waals surface area contributed by atoms with Gasteiger partial charge in [-0.25, -0.2) is 0 Å². The second-order valence-electron chi connectivity index (χ2n) is 22.4. The summed E-state index contributed by atoms with van der Waals surface area (Å²) >= 11 is 0. The van der Waals surface area contributed by atoms with Crippen molar-refractivity contribution in [2.45, 2.75) is 354 Å². The van der Waals surface area contributed by atoms with Crippen molar-refractivity contribution in [1.29, 1.82) is 0 Å². The minimum Gasteiger partial charge on any atom is -0.462 e. The molecule has 0 fully saturated rings.